The SMILES string of the molecule is C=Cc1cccc(C(C(=O)NC2CCCCC2)N(C(=O)C(CCSC)NC(=O)OC(C)(C)C)C2CC2C)c1. The Morgan fingerprint density at radius 1 is 1.21 bits per heavy atom. The van der Waals surface area contributed by atoms with Gasteiger partial charge < -0.3 is 20.3 Å². The third-order valence-electron chi connectivity index (χ3n) is 7.22. The second-order valence-electron chi connectivity index (χ2n) is 11.6. The number of nitrogens with zero attached hydrogens (tertiary/aromatic N) is 1. The topological polar surface area (TPSA) is 87.7 Å². The summed E-state index contributed by atoms with van der Waals surface area (Å²) in [6, 6.07) is 6.12. The van der Waals surface area contributed by atoms with Gasteiger partial charge in [-0.05, 0) is 81.6 Å². The highest BCUT2D eigenvalue weighted by molar-refractivity contribution is 7.98. The largest absolute Gasteiger partial charge is 0.444 e. The van der Waals surface area contributed by atoms with Crippen molar-refractivity contribution in [3.05, 3.63) is 42.0 Å². The summed E-state index contributed by atoms with van der Waals surface area (Å²) in [5, 5.41) is 6.09. The summed E-state index contributed by atoms with van der Waals surface area (Å²) < 4.78 is 5.48. The fourth-order valence-corrected chi connectivity index (χ4v) is 5.59. The van der Waals surface area contributed by atoms with Gasteiger partial charge in [-0.25, -0.2) is 4.79 Å². The van der Waals surface area contributed by atoms with E-state index in [9.17, 15) is 14.4 Å². The Bertz CT molecular complexity index is 986. The van der Waals surface area contributed by atoms with Gasteiger partial charge in [0.1, 0.15) is 17.7 Å². The van der Waals surface area contributed by atoms with Crippen LogP contribution in [0.3, 0.4) is 0 Å². The molecule has 0 radical (unpaired) electrons. The first-order chi connectivity index (χ1) is 18.0. The number of nitrogens with one attached hydrogen (secondary N) is 2. The Kier molecular flexibility index (Phi) is 10.7. The van der Waals surface area contributed by atoms with E-state index in [4.69, 9.17) is 4.74 Å². The highest BCUT2D eigenvalue weighted by atomic mass is 32.2. The molecule has 0 aromatic heterocycles. The molecule has 3 amide bonds. The molecular formula is C30H45N3O4S. The van der Waals surface area contributed by atoms with Crippen LogP contribution in [-0.4, -0.2) is 58.5 Å². The molecule has 0 bridgehead atoms. The van der Waals surface area contributed by atoms with Crippen LogP contribution in [0.5, 0.6) is 0 Å². The standard InChI is InChI=1S/C30H45N3O4S/c1-7-21-12-11-13-22(19-21)26(27(34)31-23-14-9-8-10-15-23)33(25-18-20(25)2)28(35)24(16-17-38-6)32-29(36)37-30(3,4)5/h7,11-13,19-20,23-26H,1,8-10,14-18H2,2-6H3,(H,31,34)(H,32,36). The van der Waals surface area contributed by atoms with Crippen molar-refractivity contribution in [3.63, 3.8) is 0 Å². The van der Waals surface area contributed by atoms with Gasteiger partial charge in [0.25, 0.3) is 0 Å². The summed E-state index contributed by atoms with van der Waals surface area (Å²) in [4.78, 5) is 42.8. The minimum absolute atomic E-state index is 0.0748. The monoisotopic (exact) mass is 543 g/mol. The maximum atomic E-state index is 14.3. The molecule has 0 saturated heterocycles. The van der Waals surface area contributed by atoms with Crippen molar-refractivity contribution in [1.82, 2.24) is 15.5 Å². The highest BCUT2D eigenvalue weighted by Gasteiger charge is 2.48. The zero-order valence-corrected chi connectivity index (χ0v) is 24.4. The molecule has 1 aromatic carbocycles. The summed E-state index contributed by atoms with van der Waals surface area (Å²) in [5.41, 5.74) is 0.958. The van der Waals surface area contributed by atoms with E-state index in [-0.39, 0.29) is 29.8 Å². The van der Waals surface area contributed by atoms with Crippen LogP contribution in [0.4, 0.5) is 4.79 Å². The van der Waals surface area contributed by atoms with Crippen LogP contribution in [0.15, 0.2) is 30.8 Å². The molecule has 8 heteroatoms. The number of rotatable bonds is 11. The number of carbonyl (C=O) groups is 3. The predicted molar refractivity (Wildman–Crippen MR) is 155 cm³/mol. The van der Waals surface area contributed by atoms with Gasteiger partial charge in [0.2, 0.25) is 11.8 Å². The number of alkyl carbamates (subject to hydrolysis) is 1. The molecule has 0 aliphatic heterocycles. The van der Waals surface area contributed by atoms with Crippen LogP contribution in [0.1, 0.15) is 89.8 Å². The average molecular weight is 544 g/mol. The lowest BCUT2D eigenvalue weighted by Crippen LogP contribution is -2.55. The minimum atomic E-state index is -0.795. The first kappa shape index (κ1) is 30.1. The summed E-state index contributed by atoms with van der Waals surface area (Å²) in [5.74, 6) is 0.554. The number of carbonyl (C=O) groups excluding carboxylic acids is 3. The van der Waals surface area contributed by atoms with Gasteiger partial charge in [0.05, 0.1) is 0 Å². The van der Waals surface area contributed by atoms with Crippen molar-refractivity contribution in [2.45, 2.75) is 102 Å². The van der Waals surface area contributed by atoms with Gasteiger partial charge in [-0.2, -0.15) is 11.8 Å². The third kappa shape index (κ3) is 8.52. The van der Waals surface area contributed by atoms with Gasteiger partial charge in [-0.3, -0.25) is 9.59 Å². The van der Waals surface area contributed by atoms with Crippen LogP contribution in [0, 0.1) is 5.92 Å². The van der Waals surface area contributed by atoms with E-state index in [2.05, 4.69) is 24.1 Å². The van der Waals surface area contributed by atoms with Crippen molar-refractivity contribution >= 4 is 35.7 Å². The lowest BCUT2D eigenvalue weighted by atomic mass is 9.94. The van der Waals surface area contributed by atoms with Crippen molar-refractivity contribution < 1.29 is 19.1 Å². The van der Waals surface area contributed by atoms with Crippen LogP contribution >= 0.6 is 11.8 Å². The van der Waals surface area contributed by atoms with Gasteiger partial charge in [0.15, 0.2) is 0 Å². The Morgan fingerprint density at radius 2 is 1.89 bits per heavy atom. The molecule has 2 fully saturated rings. The van der Waals surface area contributed by atoms with Crippen molar-refractivity contribution in [2.24, 2.45) is 5.92 Å². The average Bonchev–Trinajstić information content (AvgIpc) is 3.59. The molecule has 2 saturated carbocycles. The normalized spacial score (nSPS) is 21.1. The Labute approximate surface area is 232 Å². The van der Waals surface area contributed by atoms with Crippen molar-refractivity contribution in [2.75, 3.05) is 12.0 Å². The summed E-state index contributed by atoms with van der Waals surface area (Å²) in [6.07, 6.45) is 9.65. The first-order valence-electron chi connectivity index (χ1n) is 13.9. The van der Waals surface area contributed by atoms with Gasteiger partial charge in [0, 0.05) is 12.1 Å². The zero-order chi connectivity index (χ0) is 27.9. The summed E-state index contributed by atoms with van der Waals surface area (Å²) >= 11 is 1.61. The number of amides is 3. The van der Waals surface area contributed by atoms with E-state index in [0.717, 1.165) is 43.2 Å². The van der Waals surface area contributed by atoms with Crippen molar-refractivity contribution in [1.29, 1.82) is 0 Å². The molecule has 4 unspecified atom stereocenters. The number of benzene rings is 1. The number of hydrogen-bond donors (Lipinski definition) is 2. The molecular weight excluding hydrogens is 498 g/mol. The first-order valence-corrected chi connectivity index (χ1v) is 15.3. The highest BCUT2D eigenvalue weighted by Crippen LogP contribution is 2.41. The van der Waals surface area contributed by atoms with E-state index < -0.39 is 23.8 Å². The maximum absolute atomic E-state index is 14.3. The lowest BCUT2D eigenvalue weighted by Gasteiger charge is -2.36. The fraction of sp³-hybridized carbons (Fsp3) is 0.633. The smallest absolute Gasteiger partial charge is 0.408 e. The number of hydrogen-bond acceptors (Lipinski definition) is 5. The second-order valence-corrected chi connectivity index (χ2v) is 12.6. The van der Waals surface area contributed by atoms with Crippen molar-refractivity contribution in [3.8, 4) is 0 Å². The maximum Gasteiger partial charge on any atom is 0.408 e. The Balaban J connectivity index is 1.97. The summed E-state index contributed by atoms with van der Waals surface area (Å²) in [6.45, 7) is 11.4. The molecule has 2 aliphatic carbocycles. The number of ether oxygens (including phenoxy) is 1. The van der Waals surface area contributed by atoms with E-state index >= 15 is 0 Å². The van der Waals surface area contributed by atoms with E-state index in [1.54, 1.807) is 43.5 Å². The molecule has 4 atom stereocenters. The molecule has 0 heterocycles. The van der Waals surface area contributed by atoms with E-state index in [1.165, 1.54) is 6.42 Å². The Hall–Kier alpha value is -2.48. The van der Waals surface area contributed by atoms with Crippen LogP contribution in [-0.2, 0) is 14.3 Å². The van der Waals surface area contributed by atoms with Crippen LogP contribution in [0.25, 0.3) is 6.08 Å². The lowest BCUT2D eigenvalue weighted by molar-refractivity contribution is -0.143. The zero-order valence-electron chi connectivity index (χ0n) is 23.6. The van der Waals surface area contributed by atoms with Gasteiger partial charge in [-0.1, -0.05) is 57.0 Å². The fourth-order valence-electron chi connectivity index (χ4n) is 5.12. The molecule has 1 aromatic rings. The third-order valence-corrected chi connectivity index (χ3v) is 7.86. The Morgan fingerprint density at radius 3 is 2.47 bits per heavy atom. The van der Waals surface area contributed by atoms with Gasteiger partial charge >= 0.3 is 6.09 Å². The van der Waals surface area contributed by atoms with E-state index in [0.29, 0.717) is 12.2 Å². The quantitative estimate of drug-likeness (QED) is 0.374. The molecule has 38 heavy (non-hydrogen) atoms. The molecule has 2 aliphatic rings. The molecule has 7 nitrogen and oxygen atoms in total. The molecule has 210 valence electrons. The van der Waals surface area contributed by atoms with Gasteiger partial charge in [-0.15, -0.1) is 0 Å². The van der Waals surface area contributed by atoms with E-state index in [1.807, 2.05) is 30.5 Å². The number of thioether (sulfide) groups is 1. The molecule has 2 N–H and O–H groups in total. The van der Waals surface area contributed by atoms with Crippen LogP contribution < -0.4 is 10.6 Å². The predicted octanol–water partition coefficient (Wildman–Crippen LogP) is 5.70. The second kappa shape index (κ2) is 13.5. The molecule has 0 spiro atoms. The summed E-state index contributed by atoms with van der Waals surface area (Å²) in [7, 11) is 0. The molecule has 3 rings (SSSR count). The van der Waals surface area contributed by atoms with Crippen LogP contribution in [0.2, 0.25) is 0 Å². The minimum Gasteiger partial charge on any atom is -0.444 e.